The van der Waals surface area contributed by atoms with Crippen LogP contribution in [0, 0.1) is 0 Å². The smallest absolute Gasteiger partial charge is 0.340 e. The molecule has 1 atom stereocenters. The highest BCUT2D eigenvalue weighted by Gasteiger charge is 2.19. The number of ether oxygens (including phenoxy) is 3. The van der Waals surface area contributed by atoms with Crippen molar-refractivity contribution in [2.45, 2.75) is 13.0 Å². The third kappa shape index (κ3) is 4.03. The third-order valence-corrected chi connectivity index (χ3v) is 4.60. The van der Waals surface area contributed by atoms with Gasteiger partial charge in [0.2, 0.25) is 6.79 Å². The van der Waals surface area contributed by atoms with Gasteiger partial charge in [-0.15, -0.1) is 0 Å². The van der Waals surface area contributed by atoms with Gasteiger partial charge in [-0.25, -0.2) is 4.79 Å². The number of carbonyl (C=O) groups is 2. The lowest BCUT2D eigenvalue weighted by atomic mass is 10.1. The summed E-state index contributed by atoms with van der Waals surface area (Å²) < 4.78 is 15.6. The number of esters is 1. The van der Waals surface area contributed by atoms with Crippen LogP contribution in [0.5, 0.6) is 11.5 Å². The fraction of sp³-hybridized carbons (Fsp3) is 0.222. The zero-order valence-electron chi connectivity index (χ0n) is 13.8. The molecule has 0 bridgehead atoms. The van der Waals surface area contributed by atoms with Crippen molar-refractivity contribution < 1.29 is 23.8 Å². The topological polar surface area (TPSA) is 73.9 Å². The highest BCUT2D eigenvalue weighted by molar-refractivity contribution is 6.43. The van der Waals surface area contributed by atoms with E-state index >= 15 is 0 Å². The van der Waals surface area contributed by atoms with Crippen LogP contribution in [0.25, 0.3) is 0 Å². The summed E-state index contributed by atoms with van der Waals surface area (Å²) in [5, 5.41) is 3.08. The quantitative estimate of drug-likeness (QED) is 0.780. The lowest BCUT2D eigenvalue weighted by Crippen LogP contribution is -2.31. The van der Waals surface area contributed by atoms with E-state index in [2.05, 4.69) is 5.32 Å². The van der Waals surface area contributed by atoms with Gasteiger partial charge in [-0.1, -0.05) is 35.3 Å². The van der Waals surface area contributed by atoms with Gasteiger partial charge in [0.1, 0.15) is 0 Å². The summed E-state index contributed by atoms with van der Waals surface area (Å²) in [5.74, 6) is 0.135. The number of halogens is 2. The monoisotopic (exact) mass is 395 g/mol. The zero-order valence-corrected chi connectivity index (χ0v) is 15.3. The number of rotatable bonds is 5. The molecule has 1 aliphatic rings. The Balaban J connectivity index is 1.55. The molecule has 0 saturated heterocycles. The van der Waals surface area contributed by atoms with Crippen molar-refractivity contribution in [3.63, 3.8) is 0 Å². The molecule has 0 aliphatic carbocycles. The molecule has 6 nitrogen and oxygen atoms in total. The molecule has 3 rings (SSSR count). The first-order valence-corrected chi connectivity index (χ1v) is 8.51. The zero-order chi connectivity index (χ0) is 18.7. The summed E-state index contributed by atoms with van der Waals surface area (Å²) in [6.45, 7) is 1.56. The first-order valence-electron chi connectivity index (χ1n) is 7.75. The highest BCUT2D eigenvalue weighted by atomic mass is 35.5. The number of carbonyl (C=O) groups excluding carboxylic acids is 2. The third-order valence-electron chi connectivity index (χ3n) is 3.78. The predicted molar refractivity (Wildman–Crippen MR) is 95.9 cm³/mol. The van der Waals surface area contributed by atoms with E-state index < -0.39 is 18.5 Å². The Bertz CT molecular complexity index is 855. The molecule has 0 unspecified atom stereocenters. The fourth-order valence-corrected chi connectivity index (χ4v) is 2.80. The Morgan fingerprint density at radius 3 is 2.77 bits per heavy atom. The van der Waals surface area contributed by atoms with Crippen LogP contribution in [0.2, 0.25) is 10.0 Å². The van der Waals surface area contributed by atoms with E-state index in [1.54, 1.807) is 24.3 Å². The number of hydrogen-bond acceptors (Lipinski definition) is 5. The molecule has 0 spiro atoms. The summed E-state index contributed by atoms with van der Waals surface area (Å²) in [5.41, 5.74) is 0.947. The maximum atomic E-state index is 12.0. The van der Waals surface area contributed by atoms with Gasteiger partial charge in [0.15, 0.2) is 18.1 Å². The number of fused-ring (bicyclic) bond motifs is 1. The Morgan fingerprint density at radius 1 is 1.19 bits per heavy atom. The number of benzene rings is 2. The average Bonchev–Trinajstić information content (AvgIpc) is 3.09. The Hall–Kier alpha value is -2.44. The van der Waals surface area contributed by atoms with Gasteiger partial charge in [0.05, 0.1) is 21.7 Å². The largest absolute Gasteiger partial charge is 0.454 e. The van der Waals surface area contributed by atoms with Crippen molar-refractivity contribution in [2.24, 2.45) is 0 Å². The van der Waals surface area contributed by atoms with Crippen molar-refractivity contribution >= 4 is 35.1 Å². The molecule has 1 heterocycles. The van der Waals surface area contributed by atoms with E-state index in [4.69, 9.17) is 37.4 Å². The molecule has 2 aromatic carbocycles. The van der Waals surface area contributed by atoms with E-state index in [-0.39, 0.29) is 28.4 Å². The van der Waals surface area contributed by atoms with E-state index in [1.165, 1.54) is 6.07 Å². The molecule has 1 N–H and O–H groups in total. The molecule has 0 fully saturated rings. The van der Waals surface area contributed by atoms with Crippen LogP contribution in [0.4, 0.5) is 0 Å². The van der Waals surface area contributed by atoms with Crippen LogP contribution in [-0.4, -0.2) is 25.3 Å². The summed E-state index contributed by atoms with van der Waals surface area (Å²) in [6, 6.07) is 9.71. The minimum Gasteiger partial charge on any atom is -0.454 e. The van der Waals surface area contributed by atoms with Gasteiger partial charge in [-0.3, -0.25) is 4.79 Å². The minimum absolute atomic E-state index is 0.0910. The van der Waals surface area contributed by atoms with E-state index in [0.717, 1.165) is 5.56 Å². The molecule has 1 amide bonds. The summed E-state index contributed by atoms with van der Waals surface area (Å²) in [7, 11) is 0. The SMILES string of the molecule is C[C@@H](NC(=O)COC(=O)c1cccc(Cl)c1Cl)c1ccc2c(c1)OCO2. The Morgan fingerprint density at radius 2 is 1.96 bits per heavy atom. The second-order valence-electron chi connectivity index (χ2n) is 5.58. The lowest BCUT2D eigenvalue weighted by molar-refractivity contribution is -0.124. The molecular weight excluding hydrogens is 381 g/mol. The van der Waals surface area contributed by atoms with Gasteiger partial charge in [-0.2, -0.15) is 0 Å². The van der Waals surface area contributed by atoms with Gasteiger partial charge in [0.25, 0.3) is 5.91 Å². The van der Waals surface area contributed by atoms with Crippen molar-refractivity contribution in [3.05, 3.63) is 57.6 Å². The average molecular weight is 396 g/mol. The normalized spacial score (nSPS) is 13.2. The highest BCUT2D eigenvalue weighted by Crippen LogP contribution is 2.34. The second kappa shape index (κ2) is 7.85. The predicted octanol–water partition coefficient (Wildman–Crippen LogP) is 3.76. The van der Waals surface area contributed by atoms with Crippen molar-refractivity contribution in [1.29, 1.82) is 0 Å². The van der Waals surface area contributed by atoms with Gasteiger partial charge in [-0.05, 0) is 36.8 Å². The molecule has 26 heavy (non-hydrogen) atoms. The molecular formula is C18H15Cl2NO5. The van der Waals surface area contributed by atoms with Crippen molar-refractivity contribution in [2.75, 3.05) is 13.4 Å². The van der Waals surface area contributed by atoms with Crippen LogP contribution in [0.3, 0.4) is 0 Å². The van der Waals surface area contributed by atoms with Crippen LogP contribution in [0.1, 0.15) is 28.9 Å². The summed E-state index contributed by atoms with van der Waals surface area (Å²) in [6.07, 6.45) is 0. The number of nitrogens with one attached hydrogen (secondary N) is 1. The molecule has 1 aliphatic heterocycles. The van der Waals surface area contributed by atoms with Crippen molar-refractivity contribution in [3.8, 4) is 11.5 Å². The van der Waals surface area contributed by atoms with Crippen LogP contribution < -0.4 is 14.8 Å². The van der Waals surface area contributed by atoms with Gasteiger partial charge in [0, 0.05) is 0 Å². The molecule has 136 valence electrons. The number of hydrogen-bond donors (Lipinski definition) is 1. The van der Waals surface area contributed by atoms with Crippen molar-refractivity contribution in [1.82, 2.24) is 5.32 Å². The number of amides is 1. The Labute approximate surface area is 159 Å². The molecule has 0 saturated carbocycles. The summed E-state index contributed by atoms with van der Waals surface area (Å²) >= 11 is 11.8. The molecule has 2 aromatic rings. The molecule has 0 aromatic heterocycles. The Kier molecular flexibility index (Phi) is 5.54. The first-order chi connectivity index (χ1) is 12.5. The maximum absolute atomic E-state index is 12.0. The van der Waals surface area contributed by atoms with E-state index in [0.29, 0.717) is 11.5 Å². The van der Waals surface area contributed by atoms with Crippen LogP contribution in [0.15, 0.2) is 36.4 Å². The van der Waals surface area contributed by atoms with Crippen LogP contribution >= 0.6 is 23.2 Å². The maximum Gasteiger partial charge on any atom is 0.340 e. The van der Waals surface area contributed by atoms with Gasteiger partial charge >= 0.3 is 5.97 Å². The van der Waals surface area contributed by atoms with Gasteiger partial charge < -0.3 is 19.5 Å². The fourth-order valence-electron chi connectivity index (χ4n) is 2.42. The standard InChI is InChI=1S/C18H15Cl2NO5/c1-10(11-5-6-14-15(7-11)26-9-25-14)21-16(22)8-24-18(23)12-3-2-4-13(19)17(12)20/h2-7,10H,8-9H2,1H3,(H,21,22)/t10-/m1/s1. The molecule has 0 radical (unpaired) electrons. The lowest BCUT2D eigenvalue weighted by Gasteiger charge is -2.15. The van der Waals surface area contributed by atoms with Crippen LogP contribution in [-0.2, 0) is 9.53 Å². The van der Waals surface area contributed by atoms with E-state index in [1.807, 2.05) is 13.0 Å². The summed E-state index contributed by atoms with van der Waals surface area (Å²) in [4.78, 5) is 24.1. The minimum atomic E-state index is -0.719. The van der Waals surface area contributed by atoms with E-state index in [9.17, 15) is 9.59 Å². The first kappa shape index (κ1) is 18.4. The second-order valence-corrected chi connectivity index (χ2v) is 6.36. The molecule has 8 heteroatoms.